The van der Waals surface area contributed by atoms with Crippen LogP contribution in [0.15, 0.2) is 24.3 Å². The minimum absolute atomic E-state index is 0.180. The van der Waals surface area contributed by atoms with Crippen LogP contribution in [0.25, 0.3) is 0 Å². The lowest BCUT2D eigenvalue weighted by Gasteiger charge is -2.14. The Morgan fingerprint density at radius 2 is 1.83 bits per heavy atom. The van der Waals surface area contributed by atoms with Gasteiger partial charge in [0, 0.05) is 5.69 Å². The van der Waals surface area contributed by atoms with Gasteiger partial charge in [0.1, 0.15) is 0 Å². The Kier molecular flexibility index (Phi) is 4.85. The molecule has 1 amide bonds. The summed E-state index contributed by atoms with van der Waals surface area (Å²) in [5.41, 5.74) is 6.46. The molecule has 0 fully saturated rings. The molecule has 1 aromatic rings. The number of anilines is 1. The number of rotatable bonds is 5. The predicted molar refractivity (Wildman–Crippen MR) is 69.5 cm³/mol. The quantitative estimate of drug-likeness (QED) is 0.741. The van der Waals surface area contributed by atoms with Crippen molar-refractivity contribution in [3.8, 4) is 0 Å². The van der Waals surface area contributed by atoms with Gasteiger partial charge >= 0.3 is 5.97 Å². The van der Waals surface area contributed by atoms with E-state index >= 15 is 0 Å². The van der Waals surface area contributed by atoms with E-state index in [4.69, 9.17) is 10.8 Å². The molecule has 0 spiro atoms. The van der Waals surface area contributed by atoms with Crippen LogP contribution < -0.4 is 11.1 Å². The Labute approximate surface area is 106 Å². The van der Waals surface area contributed by atoms with Crippen LogP contribution in [0.4, 0.5) is 5.69 Å². The number of nitrogens with one attached hydrogen (secondary N) is 1. The number of carbonyl (C=O) groups excluding carboxylic acids is 1. The predicted octanol–water partition coefficient (Wildman–Crippen LogP) is 1.70. The van der Waals surface area contributed by atoms with Gasteiger partial charge in [0.25, 0.3) is 0 Å². The summed E-state index contributed by atoms with van der Waals surface area (Å²) in [6, 6.07) is 5.41. The minimum Gasteiger partial charge on any atom is -0.478 e. The zero-order chi connectivity index (χ0) is 13.7. The van der Waals surface area contributed by atoms with E-state index in [2.05, 4.69) is 5.32 Å². The summed E-state index contributed by atoms with van der Waals surface area (Å²) < 4.78 is 0. The van der Waals surface area contributed by atoms with Gasteiger partial charge in [-0.15, -0.1) is 0 Å². The molecule has 0 aliphatic carbocycles. The lowest BCUT2D eigenvalue weighted by Crippen LogP contribution is -2.36. The summed E-state index contributed by atoms with van der Waals surface area (Å²) in [5, 5.41) is 11.4. The van der Waals surface area contributed by atoms with E-state index in [9.17, 15) is 9.59 Å². The second kappa shape index (κ2) is 6.16. The SMILES string of the molecule is CC(C)C[C@@H](N)C(=O)Nc1ccc(C(=O)O)cc1. The Bertz CT molecular complexity index is 426. The van der Waals surface area contributed by atoms with Crippen LogP contribution in [-0.4, -0.2) is 23.0 Å². The molecule has 1 atom stereocenters. The van der Waals surface area contributed by atoms with Crippen LogP contribution in [-0.2, 0) is 4.79 Å². The van der Waals surface area contributed by atoms with Crippen molar-refractivity contribution >= 4 is 17.6 Å². The van der Waals surface area contributed by atoms with Crippen molar-refractivity contribution in [1.29, 1.82) is 0 Å². The second-order valence-electron chi connectivity index (χ2n) is 4.61. The van der Waals surface area contributed by atoms with Gasteiger partial charge < -0.3 is 16.2 Å². The molecule has 0 bridgehead atoms. The van der Waals surface area contributed by atoms with E-state index < -0.39 is 12.0 Å². The maximum absolute atomic E-state index is 11.7. The highest BCUT2D eigenvalue weighted by Gasteiger charge is 2.15. The Morgan fingerprint density at radius 3 is 2.28 bits per heavy atom. The smallest absolute Gasteiger partial charge is 0.335 e. The minimum atomic E-state index is -0.996. The highest BCUT2D eigenvalue weighted by atomic mass is 16.4. The molecule has 4 N–H and O–H groups in total. The molecule has 0 heterocycles. The third kappa shape index (κ3) is 4.18. The summed E-state index contributed by atoms with van der Waals surface area (Å²) in [6.07, 6.45) is 0.610. The van der Waals surface area contributed by atoms with Crippen LogP contribution in [0.5, 0.6) is 0 Å². The molecule has 0 unspecified atom stereocenters. The first-order valence-corrected chi connectivity index (χ1v) is 5.80. The summed E-state index contributed by atoms with van der Waals surface area (Å²) >= 11 is 0. The van der Waals surface area contributed by atoms with Gasteiger partial charge in [-0.25, -0.2) is 4.79 Å². The van der Waals surface area contributed by atoms with E-state index in [0.717, 1.165) is 0 Å². The lowest BCUT2D eigenvalue weighted by atomic mass is 10.0. The Hall–Kier alpha value is -1.88. The van der Waals surface area contributed by atoms with Crippen LogP contribution in [0.1, 0.15) is 30.6 Å². The van der Waals surface area contributed by atoms with Crippen molar-refractivity contribution in [2.45, 2.75) is 26.3 Å². The number of carboxylic acid groups (broad SMARTS) is 1. The van der Waals surface area contributed by atoms with E-state index in [1.54, 1.807) is 12.1 Å². The number of nitrogens with two attached hydrogens (primary N) is 1. The van der Waals surface area contributed by atoms with Crippen molar-refractivity contribution in [1.82, 2.24) is 0 Å². The fourth-order valence-corrected chi connectivity index (χ4v) is 1.55. The number of hydrogen-bond acceptors (Lipinski definition) is 3. The monoisotopic (exact) mass is 250 g/mol. The number of benzene rings is 1. The topological polar surface area (TPSA) is 92.4 Å². The summed E-state index contributed by atoms with van der Waals surface area (Å²) in [4.78, 5) is 22.4. The van der Waals surface area contributed by atoms with E-state index in [-0.39, 0.29) is 11.5 Å². The average Bonchev–Trinajstić information content (AvgIpc) is 2.28. The highest BCUT2D eigenvalue weighted by molar-refractivity contribution is 5.95. The molecule has 5 heteroatoms. The number of hydrogen-bond donors (Lipinski definition) is 3. The highest BCUT2D eigenvalue weighted by Crippen LogP contribution is 2.11. The number of carbonyl (C=O) groups is 2. The summed E-state index contributed by atoms with van der Waals surface area (Å²) in [7, 11) is 0. The Morgan fingerprint density at radius 1 is 1.28 bits per heavy atom. The summed E-state index contributed by atoms with van der Waals surface area (Å²) in [6.45, 7) is 3.99. The van der Waals surface area contributed by atoms with Crippen LogP contribution in [0, 0.1) is 5.92 Å². The van der Waals surface area contributed by atoms with E-state index in [0.29, 0.717) is 18.0 Å². The first-order chi connectivity index (χ1) is 8.40. The van der Waals surface area contributed by atoms with Crippen LogP contribution in [0.2, 0.25) is 0 Å². The van der Waals surface area contributed by atoms with Crippen LogP contribution >= 0.6 is 0 Å². The van der Waals surface area contributed by atoms with Gasteiger partial charge in [-0.2, -0.15) is 0 Å². The third-order valence-corrected chi connectivity index (χ3v) is 2.46. The Balaban J connectivity index is 2.62. The van der Waals surface area contributed by atoms with Gasteiger partial charge in [-0.1, -0.05) is 13.8 Å². The molecule has 0 saturated carbocycles. The van der Waals surface area contributed by atoms with Crippen molar-refractivity contribution in [2.24, 2.45) is 11.7 Å². The summed E-state index contributed by atoms with van der Waals surface area (Å²) in [5.74, 6) is -0.906. The van der Waals surface area contributed by atoms with Gasteiger partial charge in [0.2, 0.25) is 5.91 Å². The molecule has 0 aliphatic heterocycles. The molecule has 1 rings (SSSR count). The second-order valence-corrected chi connectivity index (χ2v) is 4.61. The molecular weight excluding hydrogens is 232 g/mol. The van der Waals surface area contributed by atoms with Crippen molar-refractivity contribution in [2.75, 3.05) is 5.32 Å². The average molecular weight is 250 g/mol. The molecule has 98 valence electrons. The molecular formula is C13H18N2O3. The molecule has 0 aromatic heterocycles. The largest absolute Gasteiger partial charge is 0.478 e. The maximum atomic E-state index is 11.7. The first kappa shape index (κ1) is 14.2. The van der Waals surface area contributed by atoms with Gasteiger partial charge in [-0.3, -0.25) is 4.79 Å². The normalized spacial score (nSPS) is 12.2. The molecule has 0 saturated heterocycles. The molecule has 1 aromatic carbocycles. The molecule has 18 heavy (non-hydrogen) atoms. The fourth-order valence-electron chi connectivity index (χ4n) is 1.55. The number of carboxylic acids is 1. The van der Waals surface area contributed by atoms with E-state index in [1.165, 1.54) is 12.1 Å². The standard InChI is InChI=1S/C13H18N2O3/c1-8(2)7-11(14)12(16)15-10-5-3-9(4-6-10)13(17)18/h3-6,8,11H,7,14H2,1-2H3,(H,15,16)(H,17,18)/t11-/m1/s1. The fraction of sp³-hybridized carbons (Fsp3) is 0.385. The zero-order valence-electron chi connectivity index (χ0n) is 10.5. The van der Waals surface area contributed by atoms with E-state index in [1.807, 2.05) is 13.8 Å². The maximum Gasteiger partial charge on any atom is 0.335 e. The number of amides is 1. The third-order valence-electron chi connectivity index (χ3n) is 2.46. The lowest BCUT2D eigenvalue weighted by molar-refractivity contribution is -0.117. The van der Waals surface area contributed by atoms with Gasteiger partial charge in [0.15, 0.2) is 0 Å². The van der Waals surface area contributed by atoms with Gasteiger partial charge in [0.05, 0.1) is 11.6 Å². The van der Waals surface area contributed by atoms with Crippen molar-refractivity contribution in [3.05, 3.63) is 29.8 Å². The zero-order valence-corrected chi connectivity index (χ0v) is 10.5. The van der Waals surface area contributed by atoms with Gasteiger partial charge in [-0.05, 0) is 36.6 Å². The molecule has 0 aliphatic rings. The van der Waals surface area contributed by atoms with Crippen molar-refractivity contribution < 1.29 is 14.7 Å². The molecule has 0 radical (unpaired) electrons. The van der Waals surface area contributed by atoms with Crippen LogP contribution in [0.3, 0.4) is 0 Å². The first-order valence-electron chi connectivity index (χ1n) is 5.80. The van der Waals surface area contributed by atoms with Crippen molar-refractivity contribution in [3.63, 3.8) is 0 Å². The number of aromatic carboxylic acids is 1. The molecule has 5 nitrogen and oxygen atoms in total.